The Morgan fingerprint density at radius 1 is 0.300 bits per heavy atom. The molecule has 0 aliphatic heterocycles. The third kappa shape index (κ3) is 5.14. The van der Waals surface area contributed by atoms with E-state index in [1.54, 1.807) is 0 Å². The van der Waals surface area contributed by atoms with Crippen molar-refractivity contribution in [3.05, 3.63) is 252 Å². The van der Waals surface area contributed by atoms with Gasteiger partial charge in [0.05, 0.1) is 5.41 Å². The Labute approximate surface area is 354 Å². The number of anilines is 6. The van der Waals surface area contributed by atoms with E-state index in [4.69, 9.17) is 11.6 Å². The molecule has 0 atom stereocenters. The van der Waals surface area contributed by atoms with Crippen molar-refractivity contribution in [2.45, 2.75) is 5.41 Å². The zero-order valence-corrected chi connectivity index (χ0v) is 33.4. The van der Waals surface area contributed by atoms with Crippen molar-refractivity contribution in [1.29, 1.82) is 0 Å². The van der Waals surface area contributed by atoms with E-state index in [9.17, 15) is 0 Å². The van der Waals surface area contributed by atoms with Crippen molar-refractivity contribution in [2.75, 3.05) is 9.80 Å². The largest absolute Gasteiger partial charge is 0.310 e. The first-order valence-corrected chi connectivity index (χ1v) is 20.9. The van der Waals surface area contributed by atoms with Crippen LogP contribution in [-0.4, -0.2) is 0 Å². The molecule has 2 nitrogen and oxygen atoms in total. The average Bonchev–Trinajstić information content (AvgIpc) is 3.77. The van der Waals surface area contributed by atoms with E-state index in [0.717, 1.165) is 34.1 Å². The molecular weight excluding hydrogens is 748 g/mol. The predicted octanol–water partition coefficient (Wildman–Crippen LogP) is 15.9. The number of hydrogen-bond acceptors (Lipinski definition) is 2. The van der Waals surface area contributed by atoms with Crippen LogP contribution in [-0.2, 0) is 5.41 Å². The van der Waals surface area contributed by atoms with E-state index in [1.807, 2.05) is 12.1 Å². The molecule has 1 spiro atoms. The monoisotopic (exact) mass is 784 g/mol. The quantitative estimate of drug-likeness (QED) is 0.166. The minimum absolute atomic E-state index is 0.447. The lowest BCUT2D eigenvalue weighted by molar-refractivity contribution is 0.794. The lowest BCUT2D eigenvalue weighted by atomic mass is 9.70. The molecule has 0 bridgehead atoms. The van der Waals surface area contributed by atoms with Gasteiger partial charge in [-0.3, -0.25) is 0 Å². The number of rotatable bonds is 6. The molecule has 0 N–H and O–H groups in total. The number of fused-ring (bicyclic) bond motifs is 13. The van der Waals surface area contributed by atoms with Crippen molar-refractivity contribution >= 4 is 67.3 Å². The highest BCUT2D eigenvalue weighted by molar-refractivity contribution is 6.30. The highest BCUT2D eigenvalue weighted by Gasteiger charge is 2.52. The summed E-state index contributed by atoms with van der Waals surface area (Å²) in [7, 11) is 0. The molecule has 10 aromatic carbocycles. The van der Waals surface area contributed by atoms with Crippen molar-refractivity contribution in [1.82, 2.24) is 0 Å². The van der Waals surface area contributed by atoms with Crippen molar-refractivity contribution in [3.8, 4) is 22.3 Å². The average molecular weight is 785 g/mol. The van der Waals surface area contributed by atoms with Gasteiger partial charge in [-0.15, -0.1) is 0 Å². The van der Waals surface area contributed by atoms with Gasteiger partial charge in [0.1, 0.15) is 0 Å². The molecule has 60 heavy (non-hydrogen) atoms. The smallest absolute Gasteiger partial charge is 0.0725 e. The van der Waals surface area contributed by atoms with Crippen LogP contribution in [0.5, 0.6) is 0 Å². The Balaban J connectivity index is 1.09. The first kappa shape index (κ1) is 34.6. The minimum atomic E-state index is -0.447. The highest BCUT2D eigenvalue weighted by Crippen LogP contribution is 2.64. The van der Waals surface area contributed by atoms with Gasteiger partial charge >= 0.3 is 0 Å². The summed E-state index contributed by atoms with van der Waals surface area (Å²) in [6, 6.07) is 81.6. The second-order valence-electron chi connectivity index (χ2n) is 15.8. The minimum Gasteiger partial charge on any atom is -0.310 e. The fourth-order valence-corrected chi connectivity index (χ4v) is 10.4. The van der Waals surface area contributed by atoms with Crippen molar-refractivity contribution < 1.29 is 0 Å². The summed E-state index contributed by atoms with van der Waals surface area (Å²) in [6.45, 7) is 0. The van der Waals surface area contributed by atoms with Crippen LogP contribution in [0.25, 0.3) is 43.8 Å². The molecule has 2 aliphatic rings. The van der Waals surface area contributed by atoms with Gasteiger partial charge < -0.3 is 9.80 Å². The summed E-state index contributed by atoms with van der Waals surface area (Å²) < 4.78 is 0. The third-order valence-electron chi connectivity index (χ3n) is 12.6. The van der Waals surface area contributed by atoms with Gasteiger partial charge in [0.25, 0.3) is 0 Å². The van der Waals surface area contributed by atoms with Crippen LogP contribution in [0.2, 0.25) is 5.02 Å². The maximum Gasteiger partial charge on any atom is 0.0725 e. The van der Waals surface area contributed by atoms with Gasteiger partial charge in [0, 0.05) is 39.1 Å². The van der Waals surface area contributed by atoms with Gasteiger partial charge in [-0.05, 0) is 139 Å². The molecule has 0 saturated heterocycles. The Hall–Kier alpha value is -7.39. The molecule has 3 heteroatoms. The van der Waals surface area contributed by atoms with Gasteiger partial charge in [0.15, 0.2) is 0 Å². The molecule has 12 rings (SSSR count). The van der Waals surface area contributed by atoms with Crippen LogP contribution in [0.1, 0.15) is 22.3 Å². The van der Waals surface area contributed by atoms with E-state index >= 15 is 0 Å². The van der Waals surface area contributed by atoms with E-state index in [2.05, 4.69) is 222 Å². The second kappa shape index (κ2) is 13.6. The number of para-hydroxylation sites is 1. The fourth-order valence-electron chi connectivity index (χ4n) is 10.2. The molecule has 10 aromatic rings. The number of hydrogen-bond donors (Lipinski definition) is 0. The first-order chi connectivity index (χ1) is 29.7. The highest BCUT2D eigenvalue weighted by atomic mass is 35.5. The van der Waals surface area contributed by atoms with E-state index < -0.39 is 5.41 Å². The molecule has 0 saturated carbocycles. The van der Waals surface area contributed by atoms with Crippen LogP contribution in [0, 0.1) is 0 Å². The molecule has 2 aliphatic carbocycles. The number of benzene rings is 10. The molecule has 0 heterocycles. The van der Waals surface area contributed by atoms with Crippen LogP contribution in [0.3, 0.4) is 0 Å². The van der Waals surface area contributed by atoms with E-state index in [-0.39, 0.29) is 0 Å². The lowest BCUT2D eigenvalue weighted by Gasteiger charge is -2.31. The summed E-state index contributed by atoms with van der Waals surface area (Å²) in [4.78, 5) is 4.70. The third-order valence-corrected chi connectivity index (χ3v) is 12.9. The molecule has 0 radical (unpaired) electrons. The van der Waals surface area contributed by atoms with Crippen LogP contribution in [0.4, 0.5) is 34.1 Å². The predicted molar refractivity (Wildman–Crippen MR) is 252 cm³/mol. The maximum absolute atomic E-state index is 6.82. The maximum atomic E-state index is 6.82. The SMILES string of the molecule is Clc1cccc(N(c2cccc(N(c3ccccc3)c3ccc4ccccc4c3)c2)c2ccc3c(c2)-c2c(ccc4ccccc24)C32c3ccccc3-c3ccccc32)c1. The summed E-state index contributed by atoms with van der Waals surface area (Å²) >= 11 is 6.82. The standard InChI is InChI=1S/C57H37ClN2/c58-41-17-12-20-43(35-41)60(45-22-13-21-44(36-45)59(42-18-2-1-3-19-42)46-30-28-38-14-4-5-16-40(38)34-46)47-31-33-54-51(37-47)56-48-23-7-6-15-39(48)29-32-55(56)57(54)52-26-10-8-24-49(52)50-25-9-11-27-53(50)57/h1-37H. The summed E-state index contributed by atoms with van der Waals surface area (Å²) in [5.74, 6) is 0. The lowest BCUT2D eigenvalue weighted by Crippen LogP contribution is -2.25. The Morgan fingerprint density at radius 3 is 1.55 bits per heavy atom. The zero-order valence-electron chi connectivity index (χ0n) is 32.6. The molecule has 0 amide bonds. The van der Waals surface area contributed by atoms with Crippen molar-refractivity contribution in [3.63, 3.8) is 0 Å². The topological polar surface area (TPSA) is 6.48 Å². The Kier molecular flexibility index (Phi) is 7.85. The second-order valence-corrected chi connectivity index (χ2v) is 16.3. The van der Waals surface area contributed by atoms with Crippen LogP contribution in [0.15, 0.2) is 224 Å². The van der Waals surface area contributed by atoms with Gasteiger partial charge in [-0.2, -0.15) is 0 Å². The summed E-state index contributed by atoms with van der Waals surface area (Å²) in [5.41, 5.74) is 16.3. The number of nitrogens with zero attached hydrogens (tertiary/aromatic N) is 2. The van der Waals surface area contributed by atoms with Crippen LogP contribution >= 0.6 is 11.6 Å². The molecule has 0 fully saturated rings. The molecule has 282 valence electrons. The van der Waals surface area contributed by atoms with Crippen LogP contribution < -0.4 is 9.80 Å². The molecule has 0 aromatic heterocycles. The van der Waals surface area contributed by atoms with E-state index in [1.165, 1.54) is 66.1 Å². The Morgan fingerprint density at radius 2 is 0.800 bits per heavy atom. The van der Waals surface area contributed by atoms with Gasteiger partial charge in [-0.1, -0.05) is 163 Å². The fraction of sp³-hybridized carbons (Fsp3) is 0.0175. The zero-order chi connectivity index (χ0) is 39.8. The Bertz CT molecular complexity index is 3270. The van der Waals surface area contributed by atoms with Gasteiger partial charge in [0.2, 0.25) is 0 Å². The number of halogens is 1. The normalized spacial score (nSPS) is 12.9. The molecule has 0 unspecified atom stereocenters. The molecular formula is C57H37ClN2. The summed E-state index contributed by atoms with van der Waals surface area (Å²) in [6.07, 6.45) is 0. The van der Waals surface area contributed by atoms with Crippen molar-refractivity contribution in [2.24, 2.45) is 0 Å². The first-order valence-electron chi connectivity index (χ1n) is 20.5. The van der Waals surface area contributed by atoms with E-state index in [0.29, 0.717) is 5.02 Å². The summed E-state index contributed by atoms with van der Waals surface area (Å²) in [5, 5.41) is 5.60. The van der Waals surface area contributed by atoms with Gasteiger partial charge in [-0.25, -0.2) is 0 Å².